The average molecular weight is 249 g/mol. The first-order chi connectivity index (χ1) is 8.10. The molecule has 0 spiro atoms. The Morgan fingerprint density at radius 3 is 2.82 bits per heavy atom. The molecular weight excluding hydrogens is 234 g/mol. The highest BCUT2D eigenvalue weighted by Crippen LogP contribution is 2.17. The van der Waals surface area contributed by atoms with Crippen LogP contribution in [-0.4, -0.2) is 15.7 Å². The monoisotopic (exact) mass is 249 g/mol. The summed E-state index contributed by atoms with van der Waals surface area (Å²) in [5, 5.41) is 7.17. The maximum atomic E-state index is 12.0. The largest absolute Gasteiger partial charge is 0.306 e. The second-order valence-electron chi connectivity index (χ2n) is 3.85. The molecule has 2 aromatic heterocycles. The molecule has 2 rings (SSSR count). The fraction of sp³-hybridized carbons (Fsp3) is 0.333. The highest BCUT2D eigenvalue weighted by atomic mass is 32.1. The molecule has 0 unspecified atom stereocenters. The van der Waals surface area contributed by atoms with Crippen LogP contribution in [0.4, 0.5) is 5.82 Å². The van der Waals surface area contributed by atoms with Crippen LogP contribution in [0.15, 0.2) is 18.2 Å². The number of hydrogen-bond donors (Lipinski definition) is 1. The molecule has 2 aromatic rings. The molecule has 4 nitrogen and oxygen atoms in total. The van der Waals surface area contributed by atoms with Crippen LogP contribution >= 0.6 is 11.3 Å². The summed E-state index contributed by atoms with van der Waals surface area (Å²) in [5.41, 5.74) is 0.907. The third-order valence-electron chi connectivity index (χ3n) is 2.41. The van der Waals surface area contributed by atoms with Gasteiger partial charge in [-0.2, -0.15) is 5.10 Å². The molecule has 1 N–H and O–H groups in total. The van der Waals surface area contributed by atoms with Gasteiger partial charge in [0.2, 0.25) is 0 Å². The number of carbonyl (C=O) groups is 1. The molecule has 1 amide bonds. The van der Waals surface area contributed by atoms with Gasteiger partial charge in [0, 0.05) is 17.5 Å². The van der Waals surface area contributed by atoms with Gasteiger partial charge in [-0.1, -0.05) is 0 Å². The lowest BCUT2D eigenvalue weighted by molar-refractivity contribution is 0.102. The maximum Gasteiger partial charge on any atom is 0.266 e. The third kappa shape index (κ3) is 2.55. The number of amides is 1. The topological polar surface area (TPSA) is 46.9 Å². The summed E-state index contributed by atoms with van der Waals surface area (Å²) >= 11 is 1.49. The van der Waals surface area contributed by atoms with Crippen molar-refractivity contribution in [2.75, 3.05) is 5.32 Å². The molecule has 0 aliphatic heterocycles. The van der Waals surface area contributed by atoms with Crippen LogP contribution < -0.4 is 5.32 Å². The van der Waals surface area contributed by atoms with Crippen molar-refractivity contribution in [2.24, 2.45) is 0 Å². The lowest BCUT2D eigenvalue weighted by atomic mass is 10.4. The zero-order chi connectivity index (χ0) is 12.4. The first-order valence-corrected chi connectivity index (χ1v) is 6.34. The minimum absolute atomic E-state index is 0.0716. The van der Waals surface area contributed by atoms with Gasteiger partial charge in [0.1, 0.15) is 5.82 Å². The van der Waals surface area contributed by atoms with Gasteiger partial charge in [0.25, 0.3) is 5.91 Å². The molecule has 0 bridgehead atoms. The Morgan fingerprint density at radius 2 is 2.24 bits per heavy atom. The molecule has 0 fully saturated rings. The molecule has 0 radical (unpaired) electrons. The van der Waals surface area contributed by atoms with Gasteiger partial charge in [-0.3, -0.25) is 4.79 Å². The van der Waals surface area contributed by atoms with Crippen LogP contribution in [-0.2, 0) is 6.54 Å². The number of aromatic nitrogens is 2. The van der Waals surface area contributed by atoms with E-state index in [0.717, 1.165) is 27.8 Å². The van der Waals surface area contributed by atoms with Crippen molar-refractivity contribution in [3.05, 3.63) is 33.6 Å². The predicted octanol–water partition coefficient (Wildman–Crippen LogP) is 2.83. The van der Waals surface area contributed by atoms with E-state index in [2.05, 4.69) is 10.4 Å². The fourth-order valence-corrected chi connectivity index (χ4v) is 2.38. The summed E-state index contributed by atoms with van der Waals surface area (Å²) in [4.78, 5) is 13.8. The van der Waals surface area contributed by atoms with E-state index in [1.54, 1.807) is 4.68 Å². The molecule has 0 atom stereocenters. The normalized spacial score (nSPS) is 10.5. The second-order valence-corrected chi connectivity index (χ2v) is 5.14. The summed E-state index contributed by atoms with van der Waals surface area (Å²) in [6, 6.07) is 5.67. The number of rotatable bonds is 3. The maximum absolute atomic E-state index is 12.0. The quantitative estimate of drug-likeness (QED) is 0.909. The number of anilines is 1. The lowest BCUT2D eigenvalue weighted by Gasteiger charge is -2.05. The minimum atomic E-state index is -0.0716. The first-order valence-electron chi connectivity index (χ1n) is 5.52. The van der Waals surface area contributed by atoms with E-state index >= 15 is 0 Å². The first kappa shape index (κ1) is 11.9. The van der Waals surface area contributed by atoms with E-state index in [4.69, 9.17) is 0 Å². The van der Waals surface area contributed by atoms with Crippen LogP contribution in [0.1, 0.15) is 27.2 Å². The zero-order valence-electron chi connectivity index (χ0n) is 10.2. The van der Waals surface area contributed by atoms with Crippen LogP contribution in [0.5, 0.6) is 0 Å². The number of hydrogen-bond acceptors (Lipinski definition) is 3. The van der Waals surface area contributed by atoms with Gasteiger partial charge in [-0.15, -0.1) is 11.3 Å². The van der Waals surface area contributed by atoms with E-state index in [0.29, 0.717) is 0 Å². The van der Waals surface area contributed by atoms with Crippen molar-refractivity contribution in [1.82, 2.24) is 9.78 Å². The van der Waals surface area contributed by atoms with E-state index in [-0.39, 0.29) is 5.91 Å². The standard InChI is InChI=1S/C12H15N3OS/c1-4-15-11(7-8(2)14-15)13-12(16)10-6-5-9(3)17-10/h5-7H,4H2,1-3H3,(H,13,16). The minimum Gasteiger partial charge on any atom is -0.306 e. The molecule has 0 aromatic carbocycles. The van der Waals surface area contributed by atoms with Crippen LogP contribution in [0.2, 0.25) is 0 Å². The molecule has 17 heavy (non-hydrogen) atoms. The summed E-state index contributed by atoms with van der Waals surface area (Å²) in [5.74, 6) is 0.679. The smallest absolute Gasteiger partial charge is 0.266 e. The molecule has 2 heterocycles. The van der Waals surface area contributed by atoms with Crippen LogP contribution in [0.3, 0.4) is 0 Å². The Balaban J connectivity index is 2.18. The number of nitrogens with zero attached hydrogens (tertiary/aromatic N) is 2. The van der Waals surface area contributed by atoms with Crippen molar-refractivity contribution < 1.29 is 4.79 Å². The van der Waals surface area contributed by atoms with E-state index < -0.39 is 0 Å². The second kappa shape index (κ2) is 4.71. The highest BCUT2D eigenvalue weighted by Gasteiger charge is 2.11. The Labute approximate surface area is 104 Å². The van der Waals surface area contributed by atoms with Crippen molar-refractivity contribution in [1.29, 1.82) is 0 Å². The lowest BCUT2D eigenvalue weighted by Crippen LogP contribution is -2.14. The third-order valence-corrected chi connectivity index (χ3v) is 3.41. The van der Waals surface area contributed by atoms with Gasteiger partial charge in [0.15, 0.2) is 0 Å². The summed E-state index contributed by atoms with van der Waals surface area (Å²) in [6.45, 7) is 6.64. The van der Waals surface area contributed by atoms with E-state index in [9.17, 15) is 4.79 Å². The fourth-order valence-electron chi connectivity index (χ4n) is 1.62. The van der Waals surface area contributed by atoms with Crippen LogP contribution in [0.25, 0.3) is 0 Å². The molecule has 90 valence electrons. The molecule has 0 aliphatic rings. The summed E-state index contributed by atoms with van der Waals surface area (Å²) in [7, 11) is 0. The van der Waals surface area contributed by atoms with E-state index in [1.807, 2.05) is 39.0 Å². The number of nitrogens with one attached hydrogen (secondary N) is 1. The van der Waals surface area contributed by atoms with Crippen molar-refractivity contribution in [3.63, 3.8) is 0 Å². The Bertz CT molecular complexity index is 542. The molecular formula is C12H15N3OS. The Morgan fingerprint density at radius 1 is 1.47 bits per heavy atom. The molecule has 0 aliphatic carbocycles. The van der Waals surface area contributed by atoms with Gasteiger partial charge < -0.3 is 5.32 Å². The van der Waals surface area contributed by atoms with Crippen molar-refractivity contribution in [3.8, 4) is 0 Å². The van der Waals surface area contributed by atoms with Crippen molar-refractivity contribution in [2.45, 2.75) is 27.3 Å². The molecule has 5 heteroatoms. The molecule has 0 saturated carbocycles. The highest BCUT2D eigenvalue weighted by molar-refractivity contribution is 7.14. The van der Waals surface area contributed by atoms with Gasteiger partial charge in [-0.25, -0.2) is 4.68 Å². The average Bonchev–Trinajstić information content (AvgIpc) is 2.85. The molecule has 0 saturated heterocycles. The Hall–Kier alpha value is -1.62. The van der Waals surface area contributed by atoms with Crippen molar-refractivity contribution >= 4 is 23.1 Å². The predicted molar refractivity (Wildman–Crippen MR) is 69.6 cm³/mol. The summed E-state index contributed by atoms with van der Waals surface area (Å²) < 4.78 is 1.79. The number of aryl methyl sites for hydroxylation is 3. The number of thiophene rings is 1. The van der Waals surface area contributed by atoms with Gasteiger partial charge in [-0.05, 0) is 32.9 Å². The van der Waals surface area contributed by atoms with Gasteiger partial charge >= 0.3 is 0 Å². The zero-order valence-corrected chi connectivity index (χ0v) is 11.0. The van der Waals surface area contributed by atoms with Crippen LogP contribution in [0, 0.1) is 13.8 Å². The summed E-state index contributed by atoms with van der Waals surface area (Å²) in [6.07, 6.45) is 0. The SMILES string of the molecule is CCn1nc(C)cc1NC(=O)c1ccc(C)s1. The number of carbonyl (C=O) groups excluding carboxylic acids is 1. The van der Waals surface area contributed by atoms with Gasteiger partial charge in [0.05, 0.1) is 10.6 Å². The Kier molecular flexibility index (Phi) is 3.28. The van der Waals surface area contributed by atoms with E-state index in [1.165, 1.54) is 11.3 Å².